The summed E-state index contributed by atoms with van der Waals surface area (Å²) in [6.45, 7) is 14.0. The van der Waals surface area contributed by atoms with Crippen LogP contribution in [0.5, 0.6) is 0 Å². The molecule has 0 aliphatic rings. The van der Waals surface area contributed by atoms with Crippen molar-refractivity contribution in [2.45, 2.75) is 104 Å². The molecule has 28 heavy (non-hydrogen) atoms. The SMILES string of the molecule is CC(C)N(C(=O)C(CCC(C(=O)N(C(C)C)C(C)C)[N+](=O)[O-])[N+](=O)[O-])C(C)C. The van der Waals surface area contributed by atoms with Crippen LogP contribution in [0.3, 0.4) is 0 Å². The molecule has 0 N–H and O–H groups in total. The number of nitro groups is 2. The van der Waals surface area contributed by atoms with Crippen LogP contribution in [0.25, 0.3) is 0 Å². The first-order chi connectivity index (χ1) is 12.7. The molecule has 0 heterocycles. The Labute approximate surface area is 166 Å². The van der Waals surface area contributed by atoms with Gasteiger partial charge in [0, 0.05) is 46.9 Å². The second-order valence-electron chi connectivity index (χ2n) is 8.05. The molecule has 0 spiro atoms. The lowest BCUT2D eigenvalue weighted by Crippen LogP contribution is -2.51. The molecule has 10 heteroatoms. The zero-order valence-corrected chi connectivity index (χ0v) is 18.1. The van der Waals surface area contributed by atoms with E-state index in [1.54, 1.807) is 55.4 Å². The van der Waals surface area contributed by atoms with Crippen LogP contribution in [0.4, 0.5) is 0 Å². The van der Waals surface area contributed by atoms with Crippen LogP contribution < -0.4 is 0 Å². The third-order valence-electron chi connectivity index (χ3n) is 4.53. The van der Waals surface area contributed by atoms with Gasteiger partial charge in [0.15, 0.2) is 0 Å². The largest absolute Gasteiger partial charge is 0.332 e. The van der Waals surface area contributed by atoms with E-state index in [2.05, 4.69) is 0 Å². The number of hydrogen-bond acceptors (Lipinski definition) is 6. The Hall–Kier alpha value is -2.26. The monoisotopic (exact) mass is 402 g/mol. The molecule has 2 unspecified atom stereocenters. The number of hydrogen-bond donors (Lipinski definition) is 0. The first-order valence-corrected chi connectivity index (χ1v) is 9.65. The first-order valence-electron chi connectivity index (χ1n) is 9.65. The number of rotatable bonds is 11. The third-order valence-corrected chi connectivity index (χ3v) is 4.53. The Balaban J connectivity index is 5.56. The fourth-order valence-electron chi connectivity index (χ4n) is 3.51. The third kappa shape index (κ3) is 6.72. The van der Waals surface area contributed by atoms with E-state index >= 15 is 0 Å². The Morgan fingerprint density at radius 1 is 0.643 bits per heavy atom. The summed E-state index contributed by atoms with van der Waals surface area (Å²) >= 11 is 0. The molecule has 0 aromatic carbocycles. The second-order valence-corrected chi connectivity index (χ2v) is 8.05. The minimum atomic E-state index is -1.62. The standard InChI is InChI=1S/C18H34N4O6/c1-11(2)19(12(3)4)17(23)15(21(25)26)9-10-16(22(27)28)18(24)20(13(5)6)14(7)8/h11-16H,9-10H2,1-8H3. The smallest absolute Gasteiger partial charge is 0.297 e. The van der Waals surface area contributed by atoms with Gasteiger partial charge in [-0.3, -0.25) is 29.8 Å². The maximum absolute atomic E-state index is 12.7. The van der Waals surface area contributed by atoms with Crippen LogP contribution >= 0.6 is 0 Å². The first kappa shape index (κ1) is 25.7. The molecule has 0 saturated heterocycles. The summed E-state index contributed by atoms with van der Waals surface area (Å²) in [4.78, 5) is 49.7. The average Bonchev–Trinajstić information content (AvgIpc) is 2.48. The van der Waals surface area contributed by atoms with Gasteiger partial charge in [0.1, 0.15) is 0 Å². The lowest BCUT2D eigenvalue weighted by Gasteiger charge is -2.32. The molecule has 0 aromatic heterocycles. The highest BCUT2D eigenvalue weighted by Gasteiger charge is 2.41. The minimum absolute atomic E-state index is 0.250. The number of carbonyl (C=O) groups excluding carboxylic acids is 2. The van der Waals surface area contributed by atoms with Gasteiger partial charge in [-0.15, -0.1) is 0 Å². The minimum Gasteiger partial charge on any atom is -0.332 e. The maximum atomic E-state index is 12.7. The zero-order chi connectivity index (χ0) is 22.3. The summed E-state index contributed by atoms with van der Waals surface area (Å²) in [7, 11) is 0. The van der Waals surface area contributed by atoms with Crippen molar-refractivity contribution in [3.8, 4) is 0 Å². The summed E-state index contributed by atoms with van der Waals surface area (Å²) in [6.07, 6.45) is -0.744. The van der Waals surface area contributed by atoms with Crippen LogP contribution in [-0.4, -0.2) is 67.7 Å². The molecule has 2 atom stereocenters. The molecule has 0 radical (unpaired) electrons. The fourth-order valence-corrected chi connectivity index (χ4v) is 3.51. The fraction of sp³-hybridized carbons (Fsp3) is 0.889. The number of carbonyl (C=O) groups is 2. The van der Waals surface area contributed by atoms with Crippen LogP contribution in [0, 0.1) is 20.2 Å². The van der Waals surface area contributed by atoms with Crippen molar-refractivity contribution in [3.05, 3.63) is 20.2 Å². The molecule has 0 bridgehead atoms. The van der Waals surface area contributed by atoms with Gasteiger partial charge < -0.3 is 9.80 Å². The summed E-state index contributed by atoms with van der Waals surface area (Å²) in [5.41, 5.74) is 0. The van der Waals surface area contributed by atoms with Gasteiger partial charge in [0.25, 0.3) is 23.9 Å². The number of nitrogens with zero attached hydrogens (tertiary/aromatic N) is 4. The zero-order valence-electron chi connectivity index (χ0n) is 18.1. The summed E-state index contributed by atoms with van der Waals surface area (Å²) in [5.74, 6) is -1.37. The van der Waals surface area contributed by atoms with Crippen molar-refractivity contribution >= 4 is 11.8 Å². The van der Waals surface area contributed by atoms with E-state index in [0.29, 0.717) is 0 Å². The molecule has 0 rings (SSSR count). The predicted octanol–water partition coefficient (Wildman–Crippen LogP) is 2.35. The van der Waals surface area contributed by atoms with Gasteiger partial charge in [-0.05, 0) is 55.4 Å². The van der Waals surface area contributed by atoms with Gasteiger partial charge >= 0.3 is 0 Å². The summed E-state index contributed by atoms with van der Waals surface area (Å²) in [5, 5.41) is 23.0. The lowest BCUT2D eigenvalue weighted by atomic mass is 10.0. The highest BCUT2D eigenvalue weighted by atomic mass is 16.6. The van der Waals surface area contributed by atoms with E-state index in [9.17, 15) is 29.8 Å². The maximum Gasteiger partial charge on any atom is 0.297 e. The highest BCUT2D eigenvalue weighted by molar-refractivity contribution is 5.82. The van der Waals surface area contributed by atoms with E-state index in [4.69, 9.17) is 0 Å². The molecule has 0 aliphatic heterocycles. The molecule has 2 amide bonds. The van der Waals surface area contributed by atoms with E-state index in [1.807, 2.05) is 0 Å². The molecule has 162 valence electrons. The average molecular weight is 402 g/mol. The number of amides is 2. The molecule has 0 aromatic rings. The van der Waals surface area contributed by atoms with E-state index < -0.39 is 33.7 Å². The molecule has 0 fully saturated rings. The van der Waals surface area contributed by atoms with Gasteiger partial charge in [0.2, 0.25) is 0 Å². The van der Waals surface area contributed by atoms with E-state index in [-0.39, 0.29) is 37.0 Å². The predicted molar refractivity (Wildman–Crippen MR) is 105 cm³/mol. The van der Waals surface area contributed by atoms with Crippen LogP contribution in [0.2, 0.25) is 0 Å². The van der Waals surface area contributed by atoms with Crippen molar-refractivity contribution in [2.24, 2.45) is 0 Å². The normalized spacial score (nSPS) is 13.7. The van der Waals surface area contributed by atoms with Crippen molar-refractivity contribution < 1.29 is 19.4 Å². The van der Waals surface area contributed by atoms with Gasteiger partial charge in [-0.1, -0.05) is 0 Å². The van der Waals surface area contributed by atoms with Gasteiger partial charge in [-0.25, -0.2) is 0 Å². The van der Waals surface area contributed by atoms with Crippen molar-refractivity contribution in [3.63, 3.8) is 0 Å². The van der Waals surface area contributed by atoms with Crippen molar-refractivity contribution in [1.29, 1.82) is 0 Å². The topological polar surface area (TPSA) is 127 Å². The van der Waals surface area contributed by atoms with Crippen LogP contribution in [0.15, 0.2) is 0 Å². The molecular formula is C18H34N4O6. The molecule has 10 nitrogen and oxygen atoms in total. The van der Waals surface area contributed by atoms with E-state index in [1.165, 1.54) is 9.80 Å². The Morgan fingerprint density at radius 3 is 1.00 bits per heavy atom. The Bertz CT molecular complexity index is 510. The van der Waals surface area contributed by atoms with Crippen LogP contribution in [-0.2, 0) is 9.59 Å². The Morgan fingerprint density at radius 2 is 0.857 bits per heavy atom. The van der Waals surface area contributed by atoms with Gasteiger partial charge in [-0.2, -0.15) is 0 Å². The lowest BCUT2D eigenvalue weighted by molar-refractivity contribution is -0.523. The highest BCUT2D eigenvalue weighted by Crippen LogP contribution is 2.17. The quantitative estimate of drug-likeness (QED) is 0.385. The molecule has 0 saturated carbocycles. The second kappa shape index (κ2) is 10.9. The summed E-state index contributed by atoms with van der Waals surface area (Å²) in [6, 6.07) is -4.24. The van der Waals surface area contributed by atoms with Crippen molar-refractivity contribution in [2.75, 3.05) is 0 Å². The molecular weight excluding hydrogens is 368 g/mol. The van der Waals surface area contributed by atoms with Crippen molar-refractivity contribution in [1.82, 2.24) is 9.80 Å². The Kier molecular flexibility index (Phi) is 10.0. The van der Waals surface area contributed by atoms with Crippen LogP contribution in [0.1, 0.15) is 68.2 Å². The summed E-state index contributed by atoms with van der Waals surface area (Å²) < 4.78 is 0. The van der Waals surface area contributed by atoms with Gasteiger partial charge in [0.05, 0.1) is 0 Å². The molecule has 0 aliphatic carbocycles. The van der Waals surface area contributed by atoms with E-state index in [0.717, 1.165) is 0 Å².